The first kappa shape index (κ1) is 24.6. The van der Waals surface area contributed by atoms with Gasteiger partial charge < -0.3 is 15.0 Å². The van der Waals surface area contributed by atoms with Crippen molar-refractivity contribution in [2.45, 2.75) is 75.7 Å². The molecule has 0 aromatic carbocycles. The van der Waals surface area contributed by atoms with Crippen LogP contribution in [0, 0.1) is 22.7 Å². The second kappa shape index (κ2) is 9.66. The average molecular weight is 621 g/mol. The summed E-state index contributed by atoms with van der Waals surface area (Å²) in [6, 6.07) is 9.33. The maximum atomic E-state index is 13.7. The van der Waals surface area contributed by atoms with Gasteiger partial charge >= 0.3 is 0 Å². The van der Waals surface area contributed by atoms with Gasteiger partial charge in [-0.3, -0.25) is 4.79 Å². The largest absolute Gasteiger partial charge is 0.477 e. The summed E-state index contributed by atoms with van der Waals surface area (Å²) < 4.78 is 61.9. The predicted octanol–water partition coefficient (Wildman–Crippen LogP) is 4.55. The zero-order valence-electron chi connectivity index (χ0n) is 27.8. The molecule has 2 spiro atoms. The highest BCUT2D eigenvalue weighted by atomic mass is 32.2. The molecule has 5 heterocycles. The molecule has 4 fully saturated rings. The fourth-order valence-electron chi connectivity index (χ4n) is 8.31. The van der Waals surface area contributed by atoms with Crippen LogP contribution in [0.1, 0.15) is 79.6 Å². The monoisotopic (exact) mass is 620 g/mol. The Morgan fingerprint density at radius 3 is 2.70 bits per heavy atom. The molecule has 0 radical (unpaired) electrons. The lowest BCUT2D eigenvalue weighted by molar-refractivity contribution is 0.0981. The highest BCUT2D eigenvalue weighted by molar-refractivity contribution is 7.90. The van der Waals surface area contributed by atoms with E-state index in [1.54, 1.807) is 42.3 Å². The highest BCUT2D eigenvalue weighted by Gasteiger charge is 2.85. The van der Waals surface area contributed by atoms with Crippen LogP contribution in [0.25, 0.3) is 5.82 Å². The third kappa shape index (κ3) is 4.55. The Bertz CT molecular complexity index is 1840. The average Bonchev–Trinajstić information content (AvgIpc) is 3.98. The van der Waals surface area contributed by atoms with Crippen LogP contribution in [-0.2, 0) is 10.0 Å². The quantitative estimate of drug-likeness (QED) is 0.422. The number of ether oxygens (including phenoxy) is 1. The van der Waals surface area contributed by atoms with Gasteiger partial charge in [-0.25, -0.2) is 19.4 Å². The Labute approximate surface area is 262 Å². The summed E-state index contributed by atoms with van der Waals surface area (Å²) in [5, 5.41) is 7.42. The molecule has 1 amide bonds. The number of amides is 1. The molecule has 232 valence electrons. The Morgan fingerprint density at radius 2 is 1.93 bits per heavy atom. The number of rotatable bonds is 5. The lowest BCUT2D eigenvalue weighted by Crippen LogP contribution is -2.41. The van der Waals surface area contributed by atoms with Crippen LogP contribution >= 0.6 is 0 Å². The fourth-order valence-corrected chi connectivity index (χ4v) is 9.24. The molecule has 44 heavy (non-hydrogen) atoms. The van der Waals surface area contributed by atoms with Crippen molar-refractivity contribution >= 4 is 27.6 Å². The van der Waals surface area contributed by atoms with Gasteiger partial charge in [0.05, 0.1) is 12.2 Å². The molecule has 8 rings (SSSR count). The van der Waals surface area contributed by atoms with E-state index in [1.807, 2.05) is 0 Å². The van der Waals surface area contributed by atoms with E-state index in [1.165, 1.54) is 42.5 Å². The molecule has 3 saturated carbocycles. The molecule has 2 atom stereocenters. The van der Waals surface area contributed by atoms with Crippen LogP contribution in [0.3, 0.4) is 0 Å². The number of fused-ring (bicyclic) bond motifs is 7. The van der Waals surface area contributed by atoms with Crippen molar-refractivity contribution < 1.29 is 22.1 Å². The molecule has 3 aromatic heterocycles. The first-order valence-corrected chi connectivity index (χ1v) is 17.1. The van der Waals surface area contributed by atoms with Gasteiger partial charge in [0.2, 0.25) is 5.88 Å². The van der Waals surface area contributed by atoms with Gasteiger partial charge in [-0.2, -0.15) is 8.42 Å². The van der Waals surface area contributed by atoms with Crippen LogP contribution < -0.4 is 19.7 Å². The fraction of sp³-hybridized carbons (Fsp3) is 0.562. The van der Waals surface area contributed by atoms with Gasteiger partial charge in [0.1, 0.15) is 11.6 Å². The Kier molecular flexibility index (Phi) is 5.41. The van der Waals surface area contributed by atoms with Crippen molar-refractivity contribution in [2.75, 3.05) is 29.9 Å². The number of nitrogens with one attached hydrogen (secondary N) is 2. The predicted molar refractivity (Wildman–Crippen MR) is 164 cm³/mol. The van der Waals surface area contributed by atoms with E-state index < -0.39 is 28.3 Å². The van der Waals surface area contributed by atoms with Crippen LogP contribution in [-0.4, -0.2) is 59.3 Å². The first-order chi connectivity index (χ1) is 22.4. The minimum atomic E-state index is -4.36. The van der Waals surface area contributed by atoms with Crippen LogP contribution in [0.15, 0.2) is 47.6 Å². The first-order valence-electron chi connectivity index (χ1n) is 17.1. The van der Waals surface area contributed by atoms with Crippen molar-refractivity contribution in [2.24, 2.45) is 22.7 Å². The Morgan fingerprint density at radius 1 is 1.11 bits per heavy atom. The van der Waals surface area contributed by atoms with E-state index in [4.69, 9.17) is 13.8 Å². The summed E-state index contributed by atoms with van der Waals surface area (Å²) in [6.45, 7) is 0.699. The lowest BCUT2D eigenvalue weighted by atomic mass is 9.93. The molecule has 2 N–H and O–H groups in total. The van der Waals surface area contributed by atoms with E-state index in [0.717, 1.165) is 18.8 Å². The van der Waals surface area contributed by atoms with Gasteiger partial charge in [0.25, 0.3) is 15.9 Å². The van der Waals surface area contributed by atoms with E-state index in [0.29, 0.717) is 60.9 Å². The summed E-state index contributed by atoms with van der Waals surface area (Å²) in [5.74, 6) is 1.10. The number of hydrogen-bond donors (Lipinski definition) is 2. The topological polar surface area (TPSA) is 131 Å². The number of anilines is 2. The van der Waals surface area contributed by atoms with Gasteiger partial charge in [-0.05, 0) is 112 Å². The molecule has 1 saturated heterocycles. The Hall–Kier alpha value is -3.67. The number of carbonyl (C=O) groups is 1. The van der Waals surface area contributed by atoms with Crippen molar-refractivity contribution in [1.82, 2.24) is 24.5 Å². The smallest absolute Gasteiger partial charge is 0.281 e. The molecule has 2 aliphatic heterocycles. The number of hydrogen-bond acceptors (Lipinski definition) is 9. The van der Waals surface area contributed by atoms with Crippen molar-refractivity contribution in [3.05, 3.63) is 48.2 Å². The third-order valence-corrected chi connectivity index (χ3v) is 11.9. The lowest BCUT2D eigenvalue weighted by Gasteiger charge is -2.34. The van der Waals surface area contributed by atoms with E-state index in [-0.39, 0.29) is 22.3 Å². The Balaban J connectivity index is 1.12. The normalized spacial score (nSPS) is 28.8. The molecular formula is C32H39N7O4S. The molecular weight excluding hydrogens is 578 g/mol. The molecule has 1 unspecified atom stereocenters. The van der Waals surface area contributed by atoms with Crippen molar-refractivity contribution in [1.29, 1.82) is 0 Å². The summed E-state index contributed by atoms with van der Waals surface area (Å²) in [5.41, 5.74) is -0.176. The summed E-state index contributed by atoms with van der Waals surface area (Å²) in [6.07, 6.45) is 9.97. The zero-order valence-corrected chi connectivity index (χ0v) is 25.6. The SMILES string of the molecule is [2H]C([2H])([2H])C1(C)C[C@@H]2CCCNc3cccc(n3)S(=O)(=O)NC(=O)c3ccc(-n4ccc(OCCC5C6(CC6)C56CC6)n4)nc3N1C2. The second-order valence-electron chi connectivity index (χ2n) is 13.5. The minimum Gasteiger partial charge on any atom is -0.477 e. The number of carbonyl (C=O) groups excluding carboxylic acids is 1. The van der Waals surface area contributed by atoms with Crippen LogP contribution in [0.5, 0.6) is 5.88 Å². The molecule has 3 aliphatic carbocycles. The third-order valence-electron chi connectivity index (χ3n) is 10.7. The maximum Gasteiger partial charge on any atom is 0.281 e. The number of sulfonamides is 1. The summed E-state index contributed by atoms with van der Waals surface area (Å²) in [7, 11) is -4.36. The molecule has 11 nitrogen and oxygen atoms in total. The number of pyridine rings is 2. The van der Waals surface area contributed by atoms with E-state index in [2.05, 4.69) is 20.1 Å². The van der Waals surface area contributed by atoms with Gasteiger partial charge in [-0.1, -0.05) is 6.07 Å². The van der Waals surface area contributed by atoms with Gasteiger partial charge in [-0.15, -0.1) is 5.10 Å². The number of aromatic nitrogens is 4. The van der Waals surface area contributed by atoms with Crippen molar-refractivity contribution in [3.8, 4) is 11.7 Å². The van der Waals surface area contributed by atoms with Gasteiger partial charge in [0, 0.05) is 35.0 Å². The number of nitrogens with zero attached hydrogens (tertiary/aromatic N) is 5. The standard InChI is InChI=1S/C32H39N7O4S/c1-30(2)19-21-5-4-16-33-24-6-3-7-27(34-24)44(41,42)37-29(40)22-8-9-25(35-28(22)38(30)20-21)39-17-10-26(36-39)43-18-11-23-31(12-13-31)32(23)14-15-32/h3,6-10,17,21,23H,4-5,11-16,18-20H2,1-2H3,(H,33,34)(H,37,40)/t21-/m0/s1/i1D3/t21-,30?. The summed E-state index contributed by atoms with van der Waals surface area (Å²) in [4.78, 5) is 24.4. The zero-order chi connectivity index (χ0) is 32.8. The second-order valence-corrected chi connectivity index (χ2v) is 15.1. The molecule has 5 aliphatic rings. The molecule has 12 heteroatoms. The maximum absolute atomic E-state index is 13.7. The van der Waals surface area contributed by atoms with Crippen LogP contribution in [0.2, 0.25) is 0 Å². The molecule has 3 aromatic rings. The van der Waals surface area contributed by atoms with Crippen molar-refractivity contribution in [3.63, 3.8) is 0 Å². The summed E-state index contributed by atoms with van der Waals surface area (Å²) >= 11 is 0. The minimum absolute atomic E-state index is 0.00234. The molecule has 4 bridgehead atoms. The van der Waals surface area contributed by atoms with E-state index in [9.17, 15) is 13.2 Å². The van der Waals surface area contributed by atoms with Gasteiger partial charge in [0.15, 0.2) is 10.8 Å². The van der Waals surface area contributed by atoms with Crippen LogP contribution in [0.4, 0.5) is 11.6 Å². The van der Waals surface area contributed by atoms with E-state index >= 15 is 0 Å². The highest BCUT2D eigenvalue weighted by Crippen LogP contribution is 2.93.